The second-order valence-electron chi connectivity index (χ2n) is 4.92. The molecular weight excluding hydrogens is 229 g/mol. The summed E-state index contributed by atoms with van der Waals surface area (Å²) in [6.07, 6.45) is 5.59. The van der Waals surface area contributed by atoms with E-state index < -0.39 is 0 Å². The first kappa shape index (κ1) is 12.8. The normalized spacial score (nSPS) is 20.3. The third-order valence-corrected chi connectivity index (χ3v) is 3.26. The predicted molar refractivity (Wildman–Crippen MR) is 70.4 cm³/mol. The van der Waals surface area contributed by atoms with E-state index in [0.29, 0.717) is 5.92 Å². The number of nitrogens with zero attached hydrogens (tertiary/aromatic N) is 1. The van der Waals surface area contributed by atoms with Gasteiger partial charge >= 0.3 is 0 Å². The molecule has 1 saturated heterocycles. The molecule has 0 radical (unpaired) electrons. The number of piperidine rings is 1. The van der Waals surface area contributed by atoms with E-state index in [1.807, 2.05) is 4.90 Å². The van der Waals surface area contributed by atoms with Crippen LogP contribution in [0.25, 0.3) is 6.08 Å². The Balaban J connectivity index is 1.96. The molecule has 1 atom stereocenters. The minimum Gasteiger partial charge on any atom is -0.339 e. The Morgan fingerprint density at radius 2 is 2.11 bits per heavy atom. The summed E-state index contributed by atoms with van der Waals surface area (Å²) in [6, 6.07) is 6.12. The molecular formula is C15H18FNO. The van der Waals surface area contributed by atoms with Gasteiger partial charge in [-0.25, -0.2) is 4.39 Å². The number of halogens is 1. The Morgan fingerprint density at radius 3 is 2.78 bits per heavy atom. The second kappa shape index (κ2) is 5.80. The number of rotatable bonds is 2. The lowest BCUT2D eigenvalue weighted by molar-refractivity contribution is -0.127. The molecule has 0 unspecified atom stereocenters. The van der Waals surface area contributed by atoms with Crippen molar-refractivity contribution in [1.29, 1.82) is 0 Å². The summed E-state index contributed by atoms with van der Waals surface area (Å²) in [5.41, 5.74) is 0.842. The van der Waals surface area contributed by atoms with Crippen molar-refractivity contribution in [3.05, 3.63) is 41.7 Å². The van der Waals surface area contributed by atoms with Gasteiger partial charge in [-0.15, -0.1) is 0 Å². The molecule has 96 valence electrons. The summed E-state index contributed by atoms with van der Waals surface area (Å²) >= 11 is 0. The molecule has 18 heavy (non-hydrogen) atoms. The largest absolute Gasteiger partial charge is 0.339 e. The van der Waals surface area contributed by atoms with Crippen molar-refractivity contribution in [2.75, 3.05) is 13.1 Å². The minimum absolute atomic E-state index is 0.0471. The lowest BCUT2D eigenvalue weighted by Gasteiger charge is -2.30. The van der Waals surface area contributed by atoms with Crippen molar-refractivity contribution >= 4 is 12.0 Å². The Labute approximate surface area is 107 Å². The first-order valence-electron chi connectivity index (χ1n) is 6.38. The fraction of sp³-hybridized carbons (Fsp3) is 0.400. The van der Waals surface area contributed by atoms with Gasteiger partial charge in [-0.05, 0) is 42.5 Å². The van der Waals surface area contributed by atoms with Crippen molar-refractivity contribution in [3.63, 3.8) is 0 Å². The number of likely N-dealkylation sites (tertiary alicyclic amines) is 1. The molecule has 1 aromatic rings. The van der Waals surface area contributed by atoms with Gasteiger partial charge in [0, 0.05) is 19.2 Å². The van der Waals surface area contributed by atoms with Crippen LogP contribution in [0.5, 0.6) is 0 Å². The summed E-state index contributed by atoms with van der Waals surface area (Å²) in [6.45, 7) is 3.85. The van der Waals surface area contributed by atoms with E-state index in [0.717, 1.165) is 25.1 Å². The molecule has 1 aliphatic rings. The van der Waals surface area contributed by atoms with Gasteiger partial charge in [0.15, 0.2) is 0 Å². The van der Waals surface area contributed by atoms with E-state index in [1.54, 1.807) is 24.3 Å². The van der Waals surface area contributed by atoms with Gasteiger partial charge in [-0.2, -0.15) is 0 Å². The minimum atomic E-state index is -0.261. The van der Waals surface area contributed by atoms with Crippen LogP contribution in [0.1, 0.15) is 25.3 Å². The Morgan fingerprint density at radius 1 is 1.39 bits per heavy atom. The van der Waals surface area contributed by atoms with Crippen LogP contribution in [-0.2, 0) is 4.79 Å². The van der Waals surface area contributed by atoms with Gasteiger partial charge in [-0.1, -0.05) is 19.1 Å². The quantitative estimate of drug-likeness (QED) is 0.735. The Hall–Kier alpha value is -1.64. The highest BCUT2D eigenvalue weighted by atomic mass is 19.1. The van der Waals surface area contributed by atoms with Gasteiger partial charge in [0.1, 0.15) is 5.82 Å². The second-order valence-corrected chi connectivity index (χ2v) is 4.92. The summed E-state index contributed by atoms with van der Waals surface area (Å²) < 4.78 is 12.7. The standard InChI is InChI=1S/C15H18FNO/c1-12-3-2-10-17(11-12)15(18)9-6-13-4-7-14(16)8-5-13/h4-9,12H,2-3,10-11H2,1H3/b9-6-/t12-/m1/s1. The molecule has 1 aliphatic heterocycles. The predicted octanol–water partition coefficient (Wildman–Crippen LogP) is 3.10. The van der Waals surface area contributed by atoms with Gasteiger partial charge in [-0.3, -0.25) is 4.79 Å². The zero-order valence-electron chi connectivity index (χ0n) is 10.6. The monoisotopic (exact) mass is 247 g/mol. The van der Waals surface area contributed by atoms with Crippen LogP contribution >= 0.6 is 0 Å². The third-order valence-electron chi connectivity index (χ3n) is 3.26. The van der Waals surface area contributed by atoms with E-state index in [1.165, 1.54) is 18.6 Å². The van der Waals surface area contributed by atoms with Crippen molar-refractivity contribution in [3.8, 4) is 0 Å². The van der Waals surface area contributed by atoms with E-state index in [-0.39, 0.29) is 11.7 Å². The lowest BCUT2D eigenvalue weighted by atomic mass is 10.0. The summed E-state index contributed by atoms with van der Waals surface area (Å²) in [5, 5.41) is 0. The highest BCUT2D eigenvalue weighted by Gasteiger charge is 2.18. The number of hydrogen-bond donors (Lipinski definition) is 0. The molecule has 0 aliphatic carbocycles. The SMILES string of the molecule is C[C@@H]1CCCN(C(=O)/C=C\c2ccc(F)cc2)C1. The number of benzene rings is 1. The first-order chi connectivity index (χ1) is 8.65. The van der Waals surface area contributed by atoms with Crippen LogP contribution in [0, 0.1) is 11.7 Å². The topological polar surface area (TPSA) is 20.3 Å². The van der Waals surface area contributed by atoms with Crippen molar-refractivity contribution in [1.82, 2.24) is 4.90 Å². The maximum atomic E-state index is 12.7. The first-order valence-corrected chi connectivity index (χ1v) is 6.38. The number of carbonyl (C=O) groups is 1. The Bertz CT molecular complexity index is 438. The van der Waals surface area contributed by atoms with Gasteiger partial charge in [0.25, 0.3) is 0 Å². The smallest absolute Gasteiger partial charge is 0.246 e. The molecule has 1 fully saturated rings. The third kappa shape index (κ3) is 3.42. The number of carbonyl (C=O) groups excluding carboxylic acids is 1. The van der Waals surface area contributed by atoms with Crippen molar-refractivity contribution < 1.29 is 9.18 Å². The van der Waals surface area contributed by atoms with Crippen LogP contribution in [-0.4, -0.2) is 23.9 Å². The maximum Gasteiger partial charge on any atom is 0.246 e. The summed E-state index contributed by atoms with van der Waals surface area (Å²) in [4.78, 5) is 13.8. The van der Waals surface area contributed by atoms with Crippen LogP contribution < -0.4 is 0 Å². The zero-order valence-corrected chi connectivity index (χ0v) is 10.6. The molecule has 2 rings (SSSR count). The molecule has 0 bridgehead atoms. The molecule has 3 heteroatoms. The molecule has 1 aromatic carbocycles. The molecule has 2 nitrogen and oxygen atoms in total. The molecule has 1 heterocycles. The van der Waals surface area contributed by atoms with Crippen LogP contribution in [0.15, 0.2) is 30.3 Å². The average molecular weight is 247 g/mol. The molecule has 0 saturated carbocycles. The van der Waals surface area contributed by atoms with Crippen LogP contribution in [0.3, 0.4) is 0 Å². The molecule has 0 spiro atoms. The fourth-order valence-electron chi connectivity index (χ4n) is 2.24. The number of hydrogen-bond acceptors (Lipinski definition) is 1. The van der Waals surface area contributed by atoms with Gasteiger partial charge < -0.3 is 4.90 Å². The maximum absolute atomic E-state index is 12.7. The van der Waals surface area contributed by atoms with E-state index >= 15 is 0 Å². The highest BCUT2D eigenvalue weighted by Crippen LogP contribution is 2.16. The number of amides is 1. The van der Waals surface area contributed by atoms with E-state index in [4.69, 9.17) is 0 Å². The highest BCUT2D eigenvalue weighted by molar-refractivity contribution is 5.91. The van der Waals surface area contributed by atoms with E-state index in [2.05, 4.69) is 6.92 Å². The summed E-state index contributed by atoms with van der Waals surface area (Å²) in [5.74, 6) is 0.371. The van der Waals surface area contributed by atoms with E-state index in [9.17, 15) is 9.18 Å². The van der Waals surface area contributed by atoms with Gasteiger partial charge in [0.05, 0.1) is 0 Å². The average Bonchev–Trinajstić information content (AvgIpc) is 2.38. The lowest BCUT2D eigenvalue weighted by Crippen LogP contribution is -2.38. The Kier molecular flexibility index (Phi) is 4.13. The van der Waals surface area contributed by atoms with Crippen molar-refractivity contribution in [2.45, 2.75) is 19.8 Å². The van der Waals surface area contributed by atoms with Crippen LogP contribution in [0.2, 0.25) is 0 Å². The summed E-state index contributed by atoms with van der Waals surface area (Å²) in [7, 11) is 0. The molecule has 0 aromatic heterocycles. The fourth-order valence-corrected chi connectivity index (χ4v) is 2.24. The van der Waals surface area contributed by atoms with Gasteiger partial charge in [0.2, 0.25) is 5.91 Å². The molecule has 1 amide bonds. The van der Waals surface area contributed by atoms with Crippen LogP contribution in [0.4, 0.5) is 4.39 Å². The van der Waals surface area contributed by atoms with Crippen molar-refractivity contribution in [2.24, 2.45) is 5.92 Å². The molecule has 0 N–H and O–H groups in total. The zero-order chi connectivity index (χ0) is 13.0.